The average molecular weight is 147 g/mol. The van der Waals surface area contributed by atoms with E-state index in [1.807, 2.05) is 18.2 Å². The number of benzene rings is 1. The zero-order valence-corrected chi connectivity index (χ0v) is 6.10. The number of aliphatic imine (C=N–C) groups is 1. The minimum absolute atomic E-state index is 0.149. The number of rotatable bonds is 1. The molecule has 1 aliphatic rings. The van der Waals surface area contributed by atoms with Crippen LogP contribution in [0.1, 0.15) is 11.7 Å². The van der Waals surface area contributed by atoms with Crippen LogP contribution in [0.4, 0.5) is 0 Å². The molecule has 2 heteroatoms. The summed E-state index contributed by atoms with van der Waals surface area (Å²) in [5.41, 5.74) is 1.20. The van der Waals surface area contributed by atoms with Crippen molar-refractivity contribution in [3.63, 3.8) is 0 Å². The van der Waals surface area contributed by atoms with E-state index in [1.165, 1.54) is 12.0 Å². The van der Waals surface area contributed by atoms with Crippen LogP contribution in [-0.2, 0) is 4.74 Å². The van der Waals surface area contributed by atoms with Crippen molar-refractivity contribution >= 4 is 6.40 Å². The van der Waals surface area contributed by atoms with Gasteiger partial charge in [0.05, 0.1) is 6.54 Å². The van der Waals surface area contributed by atoms with Gasteiger partial charge in [-0.25, -0.2) is 0 Å². The summed E-state index contributed by atoms with van der Waals surface area (Å²) in [6.07, 6.45) is 1.67. The zero-order chi connectivity index (χ0) is 7.52. The van der Waals surface area contributed by atoms with Gasteiger partial charge in [-0.15, -0.1) is 0 Å². The van der Waals surface area contributed by atoms with Crippen LogP contribution in [0.25, 0.3) is 0 Å². The summed E-state index contributed by atoms with van der Waals surface area (Å²) in [5.74, 6) is 0. The first-order valence-electron chi connectivity index (χ1n) is 3.65. The molecule has 1 aromatic carbocycles. The lowest BCUT2D eigenvalue weighted by molar-refractivity contribution is 0.240. The van der Waals surface area contributed by atoms with Crippen LogP contribution < -0.4 is 0 Å². The summed E-state index contributed by atoms with van der Waals surface area (Å²) in [5, 5.41) is 0. The maximum absolute atomic E-state index is 5.25. The number of nitrogens with zero attached hydrogens (tertiary/aromatic N) is 1. The highest BCUT2D eigenvalue weighted by molar-refractivity contribution is 5.49. The first kappa shape index (κ1) is 6.40. The molecule has 0 aromatic heterocycles. The first-order chi connectivity index (χ1) is 5.47. The third kappa shape index (κ3) is 1.24. The molecule has 1 heterocycles. The molecule has 0 radical (unpaired) electrons. The average Bonchev–Trinajstić information content (AvgIpc) is 2.58. The summed E-state index contributed by atoms with van der Waals surface area (Å²) in [6.45, 7) is 0.754. The molecule has 1 atom stereocenters. The summed E-state index contributed by atoms with van der Waals surface area (Å²) in [7, 11) is 0. The van der Waals surface area contributed by atoms with Gasteiger partial charge >= 0.3 is 0 Å². The molecule has 11 heavy (non-hydrogen) atoms. The number of hydrogen-bond acceptors (Lipinski definition) is 2. The van der Waals surface area contributed by atoms with E-state index in [2.05, 4.69) is 17.1 Å². The van der Waals surface area contributed by atoms with Crippen molar-refractivity contribution < 1.29 is 4.74 Å². The van der Waals surface area contributed by atoms with Crippen molar-refractivity contribution in [3.05, 3.63) is 35.9 Å². The quantitative estimate of drug-likeness (QED) is 0.593. The smallest absolute Gasteiger partial charge is 0.170 e. The summed E-state index contributed by atoms with van der Waals surface area (Å²) < 4.78 is 5.25. The van der Waals surface area contributed by atoms with Crippen LogP contribution in [0.15, 0.2) is 35.3 Å². The van der Waals surface area contributed by atoms with E-state index < -0.39 is 0 Å². The van der Waals surface area contributed by atoms with Crippen molar-refractivity contribution in [2.75, 3.05) is 6.54 Å². The maximum Gasteiger partial charge on any atom is 0.170 e. The van der Waals surface area contributed by atoms with E-state index in [0.717, 1.165) is 6.54 Å². The van der Waals surface area contributed by atoms with E-state index >= 15 is 0 Å². The van der Waals surface area contributed by atoms with Gasteiger partial charge in [0.2, 0.25) is 0 Å². The Morgan fingerprint density at radius 1 is 1.27 bits per heavy atom. The maximum atomic E-state index is 5.25. The molecule has 0 spiro atoms. The van der Waals surface area contributed by atoms with E-state index in [4.69, 9.17) is 4.74 Å². The SMILES string of the molecule is C1=NC[C@@H](c2ccccc2)O1. The molecule has 0 saturated carbocycles. The Morgan fingerprint density at radius 2 is 2.09 bits per heavy atom. The second-order valence-corrected chi connectivity index (χ2v) is 2.51. The highest BCUT2D eigenvalue weighted by Crippen LogP contribution is 2.19. The number of hydrogen-bond donors (Lipinski definition) is 0. The standard InChI is InChI=1S/C9H9NO/c1-2-4-8(5-3-1)9-6-10-7-11-9/h1-5,7,9H,6H2/t9-/m0/s1. The molecule has 0 N–H and O–H groups in total. The minimum atomic E-state index is 0.149. The molecule has 1 aromatic rings. The van der Waals surface area contributed by atoms with Crippen LogP contribution in [0.5, 0.6) is 0 Å². The number of ether oxygens (including phenoxy) is 1. The van der Waals surface area contributed by atoms with Gasteiger partial charge in [-0.1, -0.05) is 30.3 Å². The van der Waals surface area contributed by atoms with Gasteiger partial charge in [0.1, 0.15) is 6.10 Å². The van der Waals surface area contributed by atoms with Gasteiger partial charge < -0.3 is 4.74 Å². The molecule has 0 fully saturated rings. The zero-order valence-electron chi connectivity index (χ0n) is 6.10. The lowest BCUT2D eigenvalue weighted by Gasteiger charge is -2.07. The Labute approximate surface area is 65.5 Å². The molecule has 0 bridgehead atoms. The van der Waals surface area contributed by atoms with Gasteiger partial charge in [-0.2, -0.15) is 0 Å². The van der Waals surface area contributed by atoms with Crippen LogP contribution in [0.2, 0.25) is 0 Å². The fraction of sp³-hybridized carbons (Fsp3) is 0.222. The molecule has 1 aliphatic heterocycles. The molecule has 2 rings (SSSR count). The van der Waals surface area contributed by atoms with E-state index in [-0.39, 0.29) is 6.10 Å². The molecule has 0 unspecified atom stereocenters. The molecule has 0 aliphatic carbocycles. The third-order valence-electron chi connectivity index (χ3n) is 1.74. The largest absolute Gasteiger partial charge is 0.474 e. The Morgan fingerprint density at radius 3 is 2.73 bits per heavy atom. The Balaban J connectivity index is 2.17. The molecule has 56 valence electrons. The van der Waals surface area contributed by atoms with E-state index in [1.54, 1.807) is 0 Å². The monoisotopic (exact) mass is 147 g/mol. The normalized spacial score (nSPS) is 21.6. The van der Waals surface area contributed by atoms with Crippen molar-refractivity contribution in [1.29, 1.82) is 0 Å². The lowest BCUT2D eigenvalue weighted by Crippen LogP contribution is -1.99. The summed E-state index contributed by atoms with van der Waals surface area (Å²) >= 11 is 0. The Bertz CT molecular complexity index is 248. The predicted molar refractivity (Wildman–Crippen MR) is 43.6 cm³/mol. The van der Waals surface area contributed by atoms with Crippen LogP contribution >= 0.6 is 0 Å². The van der Waals surface area contributed by atoms with Crippen LogP contribution in [0, 0.1) is 0 Å². The van der Waals surface area contributed by atoms with Gasteiger partial charge in [-0.05, 0) is 5.56 Å². The highest BCUT2D eigenvalue weighted by Gasteiger charge is 2.13. The van der Waals surface area contributed by atoms with Gasteiger partial charge in [-0.3, -0.25) is 4.99 Å². The fourth-order valence-corrected chi connectivity index (χ4v) is 1.15. The summed E-state index contributed by atoms with van der Waals surface area (Å²) in [6, 6.07) is 10.1. The predicted octanol–water partition coefficient (Wildman–Crippen LogP) is 1.79. The van der Waals surface area contributed by atoms with Crippen LogP contribution in [-0.4, -0.2) is 12.9 Å². The first-order valence-corrected chi connectivity index (χ1v) is 3.65. The fourth-order valence-electron chi connectivity index (χ4n) is 1.15. The second-order valence-electron chi connectivity index (χ2n) is 2.51. The van der Waals surface area contributed by atoms with Crippen molar-refractivity contribution in [3.8, 4) is 0 Å². The van der Waals surface area contributed by atoms with Crippen molar-refractivity contribution in [1.82, 2.24) is 0 Å². The van der Waals surface area contributed by atoms with Gasteiger partial charge in [0, 0.05) is 0 Å². The molecular weight excluding hydrogens is 138 g/mol. The minimum Gasteiger partial charge on any atom is -0.474 e. The van der Waals surface area contributed by atoms with E-state index in [9.17, 15) is 0 Å². The highest BCUT2D eigenvalue weighted by atomic mass is 16.5. The van der Waals surface area contributed by atoms with Gasteiger partial charge in [0.15, 0.2) is 6.40 Å². The molecule has 2 nitrogen and oxygen atoms in total. The van der Waals surface area contributed by atoms with Crippen LogP contribution in [0.3, 0.4) is 0 Å². The Kier molecular flexibility index (Phi) is 1.60. The Hall–Kier alpha value is -1.31. The molecular formula is C9H9NO. The van der Waals surface area contributed by atoms with Crippen molar-refractivity contribution in [2.45, 2.75) is 6.10 Å². The van der Waals surface area contributed by atoms with E-state index in [0.29, 0.717) is 0 Å². The lowest BCUT2D eigenvalue weighted by atomic mass is 10.1. The van der Waals surface area contributed by atoms with Crippen molar-refractivity contribution in [2.24, 2.45) is 4.99 Å². The van der Waals surface area contributed by atoms with Gasteiger partial charge in [0.25, 0.3) is 0 Å². The third-order valence-corrected chi connectivity index (χ3v) is 1.74. The molecule has 0 amide bonds. The topological polar surface area (TPSA) is 21.6 Å². The summed E-state index contributed by atoms with van der Waals surface area (Å²) in [4.78, 5) is 3.99. The molecule has 0 saturated heterocycles. The second kappa shape index (κ2) is 2.74.